The van der Waals surface area contributed by atoms with E-state index >= 15 is 0 Å². The lowest BCUT2D eigenvalue weighted by Gasteiger charge is -2.16. The summed E-state index contributed by atoms with van der Waals surface area (Å²) in [5.41, 5.74) is 2.62. The van der Waals surface area contributed by atoms with Crippen molar-refractivity contribution in [2.24, 2.45) is 11.0 Å². The van der Waals surface area contributed by atoms with Crippen molar-refractivity contribution in [3.8, 4) is 0 Å². The lowest BCUT2D eigenvalue weighted by atomic mass is 10.1. The van der Waals surface area contributed by atoms with Crippen molar-refractivity contribution in [1.82, 2.24) is 10.7 Å². The average Bonchev–Trinajstić information content (AvgIpc) is 2.96. The number of rotatable bonds is 6. The van der Waals surface area contributed by atoms with E-state index in [1.54, 1.807) is 11.3 Å². The Morgan fingerprint density at radius 3 is 3.00 bits per heavy atom. The standard InChI is InChI=1S/C13H17N3O3S/c17-8-9(6-10-2-1-5-20-10)7-14-13(19)11-3-4-12(18)16-15-11/h1-2,5,9,17H,3-4,6-8H2,(H,14,19)(H,16,18). The minimum Gasteiger partial charge on any atom is -0.396 e. The van der Waals surface area contributed by atoms with Gasteiger partial charge >= 0.3 is 0 Å². The molecule has 7 heteroatoms. The Hall–Kier alpha value is -1.73. The monoisotopic (exact) mass is 295 g/mol. The first-order valence-electron chi connectivity index (χ1n) is 6.46. The van der Waals surface area contributed by atoms with Crippen molar-refractivity contribution in [2.75, 3.05) is 13.2 Å². The highest BCUT2D eigenvalue weighted by Gasteiger charge is 2.19. The maximum absolute atomic E-state index is 11.9. The van der Waals surface area contributed by atoms with Crippen LogP contribution in [0, 0.1) is 5.92 Å². The van der Waals surface area contributed by atoms with Crippen LogP contribution in [0.1, 0.15) is 17.7 Å². The Morgan fingerprint density at radius 2 is 2.40 bits per heavy atom. The van der Waals surface area contributed by atoms with Gasteiger partial charge < -0.3 is 10.4 Å². The van der Waals surface area contributed by atoms with Gasteiger partial charge in [-0.1, -0.05) is 6.07 Å². The maximum Gasteiger partial charge on any atom is 0.267 e. The normalized spacial score (nSPS) is 16.2. The van der Waals surface area contributed by atoms with Crippen molar-refractivity contribution in [1.29, 1.82) is 0 Å². The van der Waals surface area contributed by atoms with Crippen molar-refractivity contribution < 1.29 is 14.7 Å². The van der Waals surface area contributed by atoms with E-state index in [1.165, 1.54) is 4.88 Å². The van der Waals surface area contributed by atoms with Gasteiger partial charge in [0.2, 0.25) is 5.91 Å². The van der Waals surface area contributed by atoms with Gasteiger partial charge in [0.1, 0.15) is 5.71 Å². The fourth-order valence-corrected chi connectivity index (χ4v) is 2.71. The molecule has 1 aromatic heterocycles. The topological polar surface area (TPSA) is 90.8 Å². The van der Waals surface area contributed by atoms with E-state index in [2.05, 4.69) is 15.8 Å². The van der Waals surface area contributed by atoms with Crippen molar-refractivity contribution >= 4 is 28.9 Å². The number of hydrogen-bond acceptors (Lipinski definition) is 5. The second-order valence-electron chi connectivity index (χ2n) is 4.64. The first-order valence-corrected chi connectivity index (χ1v) is 7.34. The van der Waals surface area contributed by atoms with Gasteiger partial charge in [0.25, 0.3) is 5.91 Å². The summed E-state index contributed by atoms with van der Waals surface area (Å²) in [6, 6.07) is 3.97. The van der Waals surface area contributed by atoms with Gasteiger partial charge in [-0.2, -0.15) is 5.10 Å². The maximum atomic E-state index is 11.9. The minimum atomic E-state index is -0.283. The van der Waals surface area contributed by atoms with Gasteiger partial charge in [-0.15, -0.1) is 11.3 Å². The third-order valence-corrected chi connectivity index (χ3v) is 3.94. The lowest BCUT2D eigenvalue weighted by Crippen LogP contribution is -2.39. The fraction of sp³-hybridized carbons (Fsp3) is 0.462. The third kappa shape index (κ3) is 4.14. The molecule has 0 aromatic carbocycles. The molecule has 0 saturated heterocycles. The summed E-state index contributed by atoms with van der Waals surface area (Å²) >= 11 is 1.63. The Bertz CT molecular complexity index is 499. The van der Waals surface area contributed by atoms with Gasteiger partial charge in [0.15, 0.2) is 0 Å². The minimum absolute atomic E-state index is 0.0153. The highest BCUT2D eigenvalue weighted by Crippen LogP contribution is 2.14. The van der Waals surface area contributed by atoms with Gasteiger partial charge in [-0.05, 0) is 17.9 Å². The molecule has 0 aliphatic carbocycles. The Kier molecular flexibility index (Phi) is 5.25. The van der Waals surface area contributed by atoms with Gasteiger partial charge in [-0.3, -0.25) is 9.59 Å². The molecule has 1 atom stereocenters. The van der Waals surface area contributed by atoms with Crippen LogP contribution in [0.5, 0.6) is 0 Å². The molecule has 2 heterocycles. The zero-order valence-electron chi connectivity index (χ0n) is 11.0. The van der Waals surface area contributed by atoms with Gasteiger partial charge in [-0.25, -0.2) is 5.43 Å². The molecule has 1 aliphatic heterocycles. The summed E-state index contributed by atoms with van der Waals surface area (Å²) in [4.78, 5) is 24.0. The third-order valence-electron chi connectivity index (χ3n) is 3.05. The molecule has 0 radical (unpaired) electrons. The molecule has 0 bridgehead atoms. The van der Waals surface area contributed by atoms with E-state index in [9.17, 15) is 14.7 Å². The Morgan fingerprint density at radius 1 is 1.55 bits per heavy atom. The molecule has 2 rings (SSSR count). The molecule has 0 saturated carbocycles. The van der Waals surface area contributed by atoms with Crippen LogP contribution in [0.3, 0.4) is 0 Å². The van der Waals surface area contributed by atoms with Crippen molar-refractivity contribution in [3.63, 3.8) is 0 Å². The van der Waals surface area contributed by atoms with Crippen LogP contribution in [0.2, 0.25) is 0 Å². The number of nitrogens with zero attached hydrogens (tertiary/aromatic N) is 1. The van der Waals surface area contributed by atoms with Crippen LogP contribution < -0.4 is 10.7 Å². The van der Waals surface area contributed by atoms with E-state index in [0.29, 0.717) is 18.7 Å². The number of amides is 2. The zero-order chi connectivity index (χ0) is 14.4. The molecule has 1 unspecified atom stereocenters. The van der Waals surface area contributed by atoms with Crippen LogP contribution in [-0.2, 0) is 16.0 Å². The molecule has 3 N–H and O–H groups in total. The summed E-state index contributed by atoms with van der Waals surface area (Å²) in [5, 5.41) is 17.8. The predicted molar refractivity (Wildman–Crippen MR) is 76.4 cm³/mol. The van der Waals surface area contributed by atoms with Crippen LogP contribution in [0.25, 0.3) is 0 Å². The van der Waals surface area contributed by atoms with Crippen molar-refractivity contribution in [2.45, 2.75) is 19.3 Å². The molecule has 0 fully saturated rings. The molecule has 1 aromatic rings. The second-order valence-corrected chi connectivity index (χ2v) is 5.67. The molecule has 20 heavy (non-hydrogen) atoms. The van der Waals surface area contributed by atoms with Crippen LogP contribution in [0.4, 0.5) is 0 Å². The predicted octanol–water partition coefficient (Wildman–Crippen LogP) is 0.281. The number of carbonyl (C=O) groups excluding carboxylic acids is 2. The Balaban J connectivity index is 1.80. The summed E-state index contributed by atoms with van der Waals surface area (Å²) in [5.74, 6) is -0.474. The molecular weight excluding hydrogens is 278 g/mol. The molecule has 6 nitrogen and oxygen atoms in total. The molecule has 1 aliphatic rings. The van der Waals surface area contributed by atoms with E-state index in [-0.39, 0.29) is 30.8 Å². The Labute approximate surface area is 120 Å². The highest BCUT2D eigenvalue weighted by atomic mass is 32.1. The summed E-state index contributed by atoms with van der Waals surface area (Å²) in [6.45, 7) is 0.404. The highest BCUT2D eigenvalue weighted by molar-refractivity contribution is 7.09. The number of carbonyl (C=O) groups is 2. The first-order chi connectivity index (χ1) is 9.69. The molecule has 0 spiro atoms. The first kappa shape index (κ1) is 14.7. The van der Waals surface area contributed by atoms with Gasteiger partial charge in [0, 0.05) is 36.8 Å². The summed E-state index contributed by atoms with van der Waals surface area (Å²) < 4.78 is 0. The number of hydrazone groups is 1. The molecule has 2 amide bonds. The van der Waals surface area contributed by atoms with Gasteiger partial charge in [0.05, 0.1) is 0 Å². The number of aliphatic hydroxyl groups excluding tert-OH is 1. The van der Waals surface area contributed by atoms with E-state index in [4.69, 9.17) is 0 Å². The number of hydrogen-bond donors (Lipinski definition) is 3. The summed E-state index contributed by atoms with van der Waals surface area (Å²) in [7, 11) is 0. The van der Waals surface area contributed by atoms with Crippen molar-refractivity contribution in [3.05, 3.63) is 22.4 Å². The number of aliphatic hydroxyl groups is 1. The van der Waals surface area contributed by atoms with E-state index in [0.717, 1.165) is 6.42 Å². The van der Waals surface area contributed by atoms with Crippen LogP contribution >= 0.6 is 11.3 Å². The smallest absolute Gasteiger partial charge is 0.267 e. The molecule has 108 valence electrons. The quantitative estimate of drug-likeness (QED) is 0.704. The van der Waals surface area contributed by atoms with Crippen LogP contribution in [0.15, 0.2) is 22.6 Å². The number of nitrogens with one attached hydrogen (secondary N) is 2. The summed E-state index contributed by atoms with van der Waals surface area (Å²) in [6.07, 6.45) is 1.37. The fourth-order valence-electron chi connectivity index (χ4n) is 1.89. The second kappa shape index (κ2) is 7.16. The zero-order valence-corrected chi connectivity index (χ0v) is 11.8. The number of thiophene rings is 1. The van der Waals surface area contributed by atoms with E-state index < -0.39 is 0 Å². The molecular formula is C13H17N3O3S. The lowest BCUT2D eigenvalue weighted by molar-refractivity contribution is -0.121. The van der Waals surface area contributed by atoms with Crippen LogP contribution in [-0.4, -0.2) is 35.8 Å². The average molecular weight is 295 g/mol. The SMILES string of the molecule is O=C1CCC(C(=O)NCC(CO)Cc2cccs2)=NN1. The van der Waals surface area contributed by atoms with E-state index in [1.807, 2.05) is 17.5 Å². The largest absolute Gasteiger partial charge is 0.396 e.